The molecule has 9 heteroatoms. The summed E-state index contributed by atoms with van der Waals surface area (Å²) in [6.45, 7) is 1.32. The summed E-state index contributed by atoms with van der Waals surface area (Å²) in [6.07, 6.45) is -1.18. The summed E-state index contributed by atoms with van der Waals surface area (Å²) in [4.78, 5) is 23.5. The van der Waals surface area contributed by atoms with E-state index in [4.69, 9.17) is 4.74 Å². The van der Waals surface area contributed by atoms with Crippen molar-refractivity contribution in [1.82, 2.24) is 0 Å². The Morgan fingerprint density at radius 3 is 1.92 bits per heavy atom. The summed E-state index contributed by atoms with van der Waals surface area (Å²) < 4.78 is 65.4. The predicted molar refractivity (Wildman–Crippen MR) is 85.2 cm³/mol. The van der Waals surface area contributed by atoms with Crippen LogP contribution < -0.4 is 0 Å². The van der Waals surface area contributed by atoms with Crippen molar-refractivity contribution in [2.75, 3.05) is 0 Å². The van der Waals surface area contributed by atoms with Crippen LogP contribution in [0.3, 0.4) is 0 Å². The normalized spacial score (nSPS) is 12.7. The maximum absolute atomic E-state index is 12.9. The molecule has 0 unspecified atom stereocenters. The van der Waals surface area contributed by atoms with Gasteiger partial charge in [-0.15, -0.1) is 0 Å². The lowest BCUT2D eigenvalue weighted by Crippen LogP contribution is -2.24. The van der Waals surface area contributed by atoms with Crippen LogP contribution in [0.2, 0.25) is 0 Å². The Morgan fingerprint density at radius 1 is 0.923 bits per heavy atom. The zero-order chi connectivity index (χ0) is 19.5. The van der Waals surface area contributed by atoms with Crippen LogP contribution in [0.1, 0.15) is 27.6 Å². The molecule has 0 radical (unpaired) electrons. The molecule has 0 spiro atoms. The number of esters is 1. The van der Waals surface area contributed by atoms with Gasteiger partial charge in [0.05, 0.1) is 10.5 Å². The van der Waals surface area contributed by atoms with E-state index >= 15 is 0 Å². The lowest BCUT2D eigenvalue weighted by Gasteiger charge is -2.12. The summed E-state index contributed by atoms with van der Waals surface area (Å²) in [5.41, 5.74) is 0.0297. The van der Waals surface area contributed by atoms with Gasteiger partial charge in [-0.2, -0.15) is 8.78 Å². The van der Waals surface area contributed by atoms with Crippen molar-refractivity contribution in [3.05, 3.63) is 65.5 Å². The molecule has 138 valence electrons. The molecule has 2 aromatic rings. The third-order valence-corrected chi connectivity index (χ3v) is 4.83. The van der Waals surface area contributed by atoms with E-state index in [9.17, 15) is 31.2 Å². The molecule has 2 aromatic carbocycles. The second-order valence-corrected chi connectivity index (χ2v) is 7.17. The fraction of sp³-hybridized carbons (Fsp3) is 0.176. The molecular formula is C17H13F3O5S. The minimum Gasteiger partial charge on any atom is -0.451 e. The number of sulfone groups is 1. The van der Waals surface area contributed by atoms with Gasteiger partial charge in [0, 0.05) is 5.56 Å². The highest BCUT2D eigenvalue weighted by Crippen LogP contribution is 2.19. The Hall–Kier alpha value is -2.68. The van der Waals surface area contributed by atoms with Crippen LogP contribution in [-0.4, -0.2) is 32.0 Å². The van der Waals surface area contributed by atoms with Crippen LogP contribution in [-0.2, 0) is 14.6 Å². The molecule has 2 rings (SSSR count). The van der Waals surface area contributed by atoms with Crippen molar-refractivity contribution in [1.29, 1.82) is 0 Å². The molecule has 0 heterocycles. The number of hydrogen-bond acceptors (Lipinski definition) is 5. The third-order valence-electron chi connectivity index (χ3n) is 3.43. The number of carbonyl (C=O) groups is 2. The zero-order valence-corrected chi connectivity index (χ0v) is 14.2. The third kappa shape index (κ3) is 4.29. The SMILES string of the molecule is C[C@@H](OC(=O)c1ccc(S(=O)(=O)C(F)F)cc1)C(=O)c1ccc(F)cc1. The van der Waals surface area contributed by atoms with Crippen molar-refractivity contribution in [3.63, 3.8) is 0 Å². The molecule has 0 saturated carbocycles. The van der Waals surface area contributed by atoms with Crippen LogP contribution in [0, 0.1) is 5.82 Å². The Balaban J connectivity index is 2.09. The molecule has 0 aliphatic rings. The second kappa shape index (κ2) is 7.69. The van der Waals surface area contributed by atoms with E-state index in [1.807, 2.05) is 0 Å². The lowest BCUT2D eigenvalue weighted by molar-refractivity contribution is 0.0318. The molecule has 26 heavy (non-hydrogen) atoms. The van der Waals surface area contributed by atoms with E-state index in [-0.39, 0.29) is 11.1 Å². The quantitative estimate of drug-likeness (QED) is 0.563. The lowest BCUT2D eigenvalue weighted by atomic mass is 10.1. The van der Waals surface area contributed by atoms with Crippen LogP contribution in [0.15, 0.2) is 53.4 Å². The molecule has 0 bridgehead atoms. The number of carbonyl (C=O) groups excluding carboxylic acids is 2. The maximum Gasteiger partial charge on any atom is 0.341 e. The van der Waals surface area contributed by atoms with E-state index in [2.05, 4.69) is 0 Å². The Bertz CT molecular complexity index is 906. The first-order valence-corrected chi connectivity index (χ1v) is 8.80. The highest BCUT2D eigenvalue weighted by molar-refractivity contribution is 7.91. The Labute approximate surface area is 147 Å². The predicted octanol–water partition coefficient (Wildman–Crippen LogP) is 3.25. The molecule has 5 nitrogen and oxygen atoms in total. The van der Waals surface area contributed by atoms with E-state index < -0.39 is 44.2 Å². The van der Waals surface area contributed by atoms with Gasteiger partial charge >= 0.3 is 11.7 Å². The number of halogens is 3. The van der Waals surface area contributed by atoms with E-state index in [1.54, 1.807) is 0 Å². The number of hydrogen-bond donors (Lipinski definition) is 0. The van der Waals surface area contributed by atoms with Crippen LogP contribution in [0.5, 0.6) is 0 Å². The van der Waals surface area contributed by atoms with Gasteiger partial charge in [-0.25, -0.2) is 17.6 Å². The summed E-state index contributed by atoms with van der Waals surface area (Å²) in [7, 11) is -4.77. The summed E-state index contributed by atoms with van der Waals surface area (Å²) in [5, 5.41) is 0. The molecule has 0 N–H and O–H groups in total. The van der Waals surface area contributed by atoms with E-state index in [0.717, 1.165) is 36.4 Å². The first-order valence-electron chi connectivity index (χ1n) is 7.26. The van der Waals surface area contributed by atoms with Crippen LogP contribution in [0.4, 0.5) is 13.2 Å². The van der Waals surface area contributed by atoms with Gasteiger partial charge in [0.1, 0.15) is 5.82 Å². The van der Waals surface area contributed by atoms with Crippen molar-refractivity contribution in [2.24, 2.45) is 0 Å². The maximum atomic E-state index is 12.9. The first-order chi connectivity index (χ1) is 12.1. The number of alkyl halides is 2. The fourth-order valence-electron chi connectivity index (χ4n) is 2.01. The number of ether oxygens (including phenoxy) is 1. The molecule has 1 atom stereocenters. The molecule has 0 amide bonds. The summed E-state index contributed by atoms with van der Waals surface area (Å²) in [6, 6.07) is 8.38. The van der Waals surface area contributed by atoms with Gasteiger partial charge in [0.15, 0.2) is 6.10 Å². The van der Waals surface area contributed by atoms with Crippen molar-refractivity contribution in [3.8, 4) is 0 Å². The minimum absolute atomic E-state index is 0.114. The first kappa shape index (κ1) is 19.6. The average molecular weight is 386 g/mol. The highest BCUT2D eigenvalue weighted by Gasteiger charge is 2.27. The van der Waals surface area contributed by atoms with Gasteiger partial charge in [0.2, 0.25) is 15.6 Å². The number of Topliss-reactive ketones (excluding diaryl/α,β-unsaturated/α-hetero) is 1. The second-order valence-electron chi connectivity index (χ2n) is 5.25. The van der Waals surface area contributed by atoms with E-state index in [1.165, 1.54) is 19.1 Å². The molecule has 0 aromatic heterocycles. The summed E-state index contributed by atoms with van der Waals surface area (Å²) in [5.74, 6) is -5.59. The van der Waals surface area contributed by atoms with Crippen molar-refractivity contribution in [2.45, 2.75) is 23.7 Å². The van der Waals surface area contributed by atoms with Crippen molar-refractivity contribution >= 4 is 21.6 Å². The highest BCUT2D eigenvalue weighted by atomic mass is 32.2. The zero-order valence-electron chi connectivity index (χ0n) is 13.4. The summed E-state index contributed by atoms with van der Waals surface area (Å²) >= 11 is 0. The Morgan fingerprint density at radius 2 is 1.42 bits per heavy atom. The van der Waals surface area contributed by atoms with Gasteiger partial charge in [-0.1, -0.05) is 0 Å². The minimum atomic E-state index is -4.77. The standard InChI is InChI=1S/C17H13F3O5S/c1-10(15(21)11-2-6-13(18)7-3-11)25-16(22)12-4-8-14(9-5-12)26(23,24)17(19)20/h2-10,17H,1H3/t10-/m1/s1. The fourth-order valence-corrected chi connectivity index (χ4v) is 2.74. The molecule has 0 aliphatic heterocycles. The van der Waals surface area contributed by atoms with Crippen LogP contribution >= 0.6 is 0 Å². The molecular weight excluding hydrogens is 373 g/mol. The average Bonchev–Trinajstić information content (AvgIpc) is 2.61. The molecule has 0 fully saturated rings. The van der Waals surface area contributed by atoms with E-state index in [0.29, 0.717) is 0 Å². The smallest absolute Gasteiger partial charge is 0.341 e. The largest absolute Gasteiger partial charge is 0.451 e. The number of rotatable bonds is 6. The number of benzene rings is 2. The topological polar surface area (TPSA) is 77.5 Å². The van der Waals surface area contributed by atoms with Gasteiger partial charge < -0.3 is 4.74 Å². The molecule has 0 saturated heterocycles. The van der Waals surface area contributed by atoms with Gasteiger partial charge in [-0.05, 0) is 55.5 Å². The molecule has 0 aliphatic carbocycles. The monoisotopic (exact) mass is 386 g/mol. The van der Waals surface area contributed by atoms with Gasteiger partial charge in [0.25, 0.3) is 0 Å². The van der Waals surface area contributed by atoms with Crippen LogP contribution in [0.25, 0.3) is 0 Å². The van der Waals surface area contributed by atoms with Gasteiger partial charge in [-0.3, -0.25) is 4.79 Å². The van der Waals surface area contributed by atoms with Crippen molar-refractivity contribution < 1.29 is 35.9 Å². The number of ketones is 1. The Kier molecular flexibility index (Phi) is 5.81.